The van der Waals surface area contributed by atoms with Crippen molar-refractivity contribution in [2.45, 2.75) is 26.8 Å². The molecule has 0 fully saturated rings. The van der Waals surface area contributed by atoms with Crippen LogP contribution in [-0.4, -0.2) is 27.2 Å². The predicted octanol–water partition coefficient (Wildman–Crippen LogP) is 5.31. The van der Waals surface area contributed by atoms with Gasteiger partial charge in [0.05, 0.1) is 0 Å². The number of rotatable bonds is 8. The average Bonchev–Trinajstić information content (AvgIpc) is 3.41. The summed E-state index contributed by atoms with van der Waals surface area (Å²) in [4.78, 5) is 12.8. The number of carbonyl (C=O) groups is 1. The van der Waals surface area contributed by atoms with Crippen molar-refractivity contribution in [2.75, 3.05) is 6.61 Å². The predicted molar refractivity (Wildman–Crippen MR) is 119 cm³/mol. The van der Waals surface area contributed by atoms with E-state index in [1.165, 1.54) is 12.0 Å². The third kappa shape index (κ3) is 4.86. The number of carbonyl (C=O) groups excluding carboxylic acids is 1. The summed E-state index contributed by atoms with van der Waals surface area (Å²) in [6.07, 6.45) is 2.15. The van der Waals surface area contributed by atoms with Gasteiger partial charge in [0, 0.05) is 34.1 Å². The lowest BCUT2D eigenvalue weighted by Gasteiger charge is -2.10. The number of benzene rings is 2. The quantitative estimate of drug-likeness (QED) is 0.350. The Morgan fingerprint density at radius 2 is 1.84 bits per heavy atom. The molecule has 0 N–H and O–H groups in total. The molecule has 2 aromatic carbocycles. The molecule has 0 bridgehead atoms. The van der Waals surface area contributed by atoms with E-state index in [2.05, 4.69) is 14.8 Å². The Kier molecular flexibility index (Phi) is 6.18. The fourth-order valence-corrected chi connectivity index (χ4v) is 3.66. The van der Waals surface area contributed by atoms with Crippen LogP contribution in [0.1, 0.15) is 27.3 Å². The largest absolute Gasteiger partial charge is 0.485 e. The van der Waals surface area contributed by atoms with Gasteiger partial charge >= 0.3 is 0 Å². The van der Waals surface area contributed by atoms with Crippen molar-refractivity contribution in [3.8, 4) is 17.2 Å². The van der Waals surface area contributed by atoms with Crippen LogP contribution >= 0.6 is 11.6 Å². The highest BCUT2D eigenvalue weighted by atomic mass is 35.5. The van der Waals surface area contributed by atoms with Crippen LogP contribution in [-0.2, 0) is 13.0 Å². The fraction of sp³-hybridized carbons (Fsp3) is 0.208. The van der Waals surface area contributed by atoms with Crippen molar-refractivity contribution in [1.29, 1.82) is 0 Å². The molecule has 0 aliphatic carbocycles. The summed E-state index contributed by atoms with van der Waals surface area (Å²) in [6, 6.07) is 17.0. The molecule has 0 aliphatic rings. The average molecular weight is 436 g/mol. The second kappa shape index (κ2) is 9.18. The van der Waals surface area contributed by atoms with Crippen molar-refractivity contribution < 1.29 is 13.9 Å². The highest BCUT2D eigenvalue weighted by molar-refractivity contribution is 6.30. The second-order valence-electron chi connectivity index (χ2n) is 7.29. The van der Waals surface area contributed by atoms with Gasteiger partial charge < -0.3 is 13.7 Å². The zero-order chi connectivity index (χ0) is 21.8. The molecule has 0 atom stereocenters. The van der Waals surface area contributed by atoms with Gasteiger partial charge in [-0.1, -0.05) is 23.7 Å². The second-order valence-corrected chi connectivity index (χ2v) is 7.73. The molecule has 4 aromatic rings. The Morgan fingerprint density at radius 1 is 1.10 bits per heavy atom. The Bertz CT molecular complexity index is 1160. The van der Waals surface area contributed by atoms with Crippen molar-refractivity contribution in [1.82, 2.24) is 14.8 Å². The van der Waals surface area contributed by atoms with Crippen molar-refractivity contribution in [2.24, 2.45) is 0 Å². The van der Waals surface area contributed by atoms with E-state index in [4.69, 9.17) is 20.8 Å². The molecule has 2 aromatic heterocycles. The van der Waals surface area contributed by atoms with Crippen LogP contribution in [0, 0.1) is 13.8 Å². The summed E-state index contributed by atoms with van der Waals surface area (Å²) in [5, 5.41) is 8.26. The summed E-state index contributed by atoms with van der Waals surface area (Å²) in [5.41, 5.74) is 4.69. The number of aryl methyl sites for hydroxylation is 2. The van der Waals surface area contributed by atoms with E-state index in [9.17, 15) is 4.79 Å². The first-order valence-corrected chi connectivity index (χ1v) is 10.3. The van der Waals surface area contributed by atoms with Gasteiger partial charge in [-0.05, 0) is 68.3 Å². The van der Waals surface area contributed by atoms with Gasteiger partial charge in [-0.25, -0.2) is 0 Å². The standard InChI is InChI=1S/C24H22ClN3O3/c1-16-13-22(17(2)28(16)12-11-18-3-7-20(25)8-4-18)23(29)14-30-21-9-5-19(6-10-21)24-27-26-15-31-24/h3-10,13,15H,11-12,14H2,1-2H3. The first-order chi connectivity index (χ1) is 15.0. The highest BCUT2D eigenvalue weighted by Gasteiger charge is 2.16. The highest BCUT2D eigenvalue weighted by Crippen LogP contribution is 2.21. The van der Waals surface area contributed by atoms with Crippen LogP contribution in [0.25, 0.3) is 11.5 Å². The van der Waals surface area contributed by atoms with Crippen molar-refractivity contribution in [3.05, 3.63) is 88.5 Å². The molecule has 2 heterocycles. The molecule has 0 saturated heterocycles. The molecule has 4 rings (SSSR count). The van der Waals surface area contributed by atoms with Crippen LogP contribution in [0.4, 0.5) is 0 Å². The number of ether oxygens (including phenoxy) is 1. The molecule has 31 heavy (non-hydrogen) atoms. The lowest BCUT2D eigenvalue weighted by molar-refractivity contribution is 0.0921. The SMILES string of the molecule is Cc1cc(C(=O)COc2ccc(-c3nnco3)cc2)c(C)n1CCc1ccc(Cl)cc1. The van der Waals surface area contributed by atoms with Gasteiger partial charge in [-0.3, -0.25) is 4.79 Å². The number of hydrogen-bond acceptors (Lipinski definition) is 5. The molecule has 0 aliphatic heterocycles. The number of halogens is 1. The van der Waals surface area contributed by atoms with E-state index in [1.807, 2.05) is 56.3 Å². The van der Waals surface area contributed by atoms with Gasteiger partial charge in [-0.2, -0.15) is 0 Å². The molecule has 6 nitrogen and oxygen atoms in total. The summed E-state index contributed by atoms with van der Waals surface area (Å²) >= 11 is 5.96. The monoisotopic (exact) mass is 435 g/mol. The molecular weight excluding hydrogens is 414 g/mol. The number of aromatic nitrogens is 3. The zero-order valence-electron chi connectivity index (χ0n) is 17.3. The molecular formula is C24H22ClN3O3. The van der Waals surface area contributed by atoms with Crippen LogP contribution in [0.3, 0.4) is 0 Å². The summed E-state index contributed by atoms with van der Waals surface area (Å²) in [5.74, 6) is 0.994. The summed E-state index contributed by atoms with van der Waals surface area (Å²) in [7, 11) is 0. The van der Waals surface area contributed by atoms with Gasteiger partial charge in [0.2, 0.25) is 18.1 Å². The minimum atomic E-state index is -0.0492. The lowest BCUT2D eigenvalue weighted by Crippen LogP contribution is -2.13. The van der Waals surface area contributed by atoms with Crippen LogP contribution in [0.2, 0.25) is 5.02 Å². The maximum Gasteiger partial charge on any atom is 0.247 e. The minimum Gasteiger partial charge on any atom is -0.485 e. The molecule has 0 radical (unpaired) electrons. The van der Waals surface area contributed by atoms with Crippen molar-refractivity contribution in [3.63, 3.8) is 0 Å². The van der Waals surface area contributed by atoms with E-state index in [1.54, 1.807) is 12.1 Å². The number of nitrogens with zero attached hydrogens (tertiary/aromatic N) is 3. The summed E-state index contributed by atoms with van der Waals surface area (Å²) < 4.78 is 13.0. The Morgan fingerprint density at radius 3 is 2.52 bits per heavy atom. The van der Waals surface area contributed by atoms with E-state index >= 15 is 0 Å². The van der Waals surface area contributed by atoms with E-state index in [-0.39, 0.29) is 12.4 Å². The third-order valence-electron chi connectivity index (χ3n) is 5.24. The first kappa shape index (κ1) is 20.9. The molecule has 0 spiro atoms. The smallest absolute Gasteiger partial charge is 0.247 e. The van der Waals surface area contributed by atoms with Gasteiger partial charge in [-0.15, -0.1) is 10.2 Å². The number of Topliss-reactive ketones (excluding diaryl/α,β-unsaturated/α-hetero) is 1. The minimum absolute atomic E-state index is 0.0264. The first-order valence-electron chi connectivity index (χ1n) is 9.95. The van der Waals surface area contributed by atoms with Gasteiger partial charge in [0.25, 0.3) is 0 Å². The van der Waals surface area contributed by atoms with Crippen LogP contribution in [0.15, 0.2) is 65.4 Å². The Hall–Kier alpha value is -3.38. The molecule has 0 saturated carbocycles. The van der Waals surface area contributed by atoms with Gasteiger partial charge in [0.15, 0.2) is 6.61 Å². The molecule has 0 amide bonds. The van der Waals surface area contributed by atoms with E-state index in [0.29, 0.717) is 17.2 Å². The topological polar surface area (TPSA) is 70.2 Å². The van der Waals surface area contributed by atoms with E-state index in [0.717, 1.165) is 34.9 Å². The van der Waals surface area contributed by atoms with E-state index < -0.39 is 0 Å². The normalized spacial score (nSPS) is 10.9. The Labute approximate surface area is 185 Å². The maximum absolute atomic E-state index is 12.8. The number of hydrogen-bond donors (Lipinski definition) is 0. The lowest BCUT2D eigenvalue weighted by atomic mass is 10.1. The molecule has 7 heteroatoms. The van der Waals surface area contributed by atoms with Gasteiger partial charge in [0.1, 0.15) is 5.75 Å². The molecule has 158 valence electrons. The third-order valence-corrected chi connectivity index (χ3v) is 5.49. The number of ketones is 1. The van der Waals surface area contributed by atoms with Crippen LogP contribution < -0.4 is 4.74 Å². The Balaban J connectivity index is 1.38. The summed E-state index contributed by atoms with van der Waals surface area (Å²) in [6.45, 7) is 4.76. The maximum atomic E-state index is 12.8. The molecule has 0 unspecified atom stereocenters. The zero-order valence-corrected chi connectivity index (χ0v) is 18.1. The van der Waals surface area contributed by atoms with Crippen LogP contribution in [0.5, 0.6) is 5.75 Å². The van der Waals surface area contributed by atoms with Crippen molar-refractivity contribution >= 4 is 17.4 Å². The fourth-order valence-electron chi connectivity index (χ4n) is 3.54.